The number of rotatable bonds is 4. The van der Waals surface area contributed by atoms with Crippen LogP contribution in [0.5, 0.6) is 0 Å². The van der Waals surface area contributed by atoms with E-state index in [-0.39, 0.29) is 18.4 Å². The van der Waals surface area contributed by atoms with Crippen LogP contribution in [0.3, 0.4) is 0 Å². The highest BCUT2D eigenvalue weighted by atomic mass is 16.2. The van der Waals surface area contributed by atoms with Crippen LogP contribution >= 0.6 is 0 Å². The summed E-state index contributed by atoms with van der Waals surface area (Å²) in [6.45, 7) is 3.47. The van der Waals surface area contributed by atoms with E-state index in [0.717, 1.165) is 0 Å². The highest BCUT2D eigenvalue weighted by Gasteiger charge is 2.20. The van der Waals surface area contributed by atoms with Crippen molar-refractivity contribution in [2.75, 3.05) is 6.54 Å². The number of hydrogen-bond acceptors (Lipinski definition) is 3. The summed E-state index contributed by atoms with van der Waals surface area (Å²) in [6, 6.07) is -0.624. The third-order valence-corrected chi connectivity index (χ3v) is 1.48. The summed E-state index contributed by atoms with van der Waals surface area (Å²) in [7, 11) is 0. The number of carbonyl (C=O) groups is 2. The monoisotopic (exact) mass is 173 g/mol. The van der Waals surface area contributed by atoms with Gasteiger partial charge in [0.1, 0.15) is 6.04 Å². The second-order valence-corrected chi connectivity index (χ2v) is 2.90. The van der Waals surface area contributed by atoms with Gasteiger partial charge in [0.2, 0.25) is 11.8 Å². The van der Waals surface area contributed by atoms with Gasteiger partial charge in [0.25, 0.3) is 0 Å². The largest absolute Gasteiger partial charge is 0.368 e. The van der Waals surface area contributed by atoms with E-state index < -0.39 is 11.9 Å². The number of amides is 2. The Morgan fingerprint density at radius 1 is 1.42 bits per heavy atom. The Morgan fingerprint density at radius 3 is 2.17 bits per heavy atom. The first kappa shape index (κ1) is 10.9. The van der Waals surface area contributed by atoms with Crippen molar-refractivity contribution >= 4 is 11.8 Å². The van der Waals surface area contributed by atoms with Crippen molar-refractivity contribution in [3.8, 4) is 0 Å². The van der Waals surface area contributed by atoms with Crippen molar-refractivity contribution in [3.63, 3.8) is 0 Å². The first-order chi connectivity index (χ1) is 5.49. The molecule has 0 aromatic carbocycles. The third-order valence-electron chi connectivity index (χ3n) is 1.48. The zero-order chi connectivity index (χ0) is 9.72. The molecule has 0 aliphatic rings. The van der Waals surface area contributed by atoms with Crippen molar-refractivity contribution in [3.05, 3.63) is 0 Å². The van der Waals surface area contributed by atoms with E-state index in [1.54, 1.807) is 13.8 Å². The summed E-state index contributed by atoms with van der Waals surface area (Å²) < 4.78 is 0. The fourth-order valence-corrected chi connectivity index (χ4v) is 0.799. The lowest BCUT2D eigenvalue weighted by molar-refractivity contribution is -0.127. The van der Waals surface area contributed by atoms with Crippen molar-refractivity contribution in [2.45, 2.75) is 19.9 Å². The second-order valence-electron chi connectivity index (χ2n) is 2.90. The van der Waals surface area contributed by atoms with Crippen LogP contribution < -0.4 is 16.8 Å². The van der Waals surface area contributed by atoms with Crippen molar-refractivity contribution in [2.24, 2.45) is 17.4 Å². The van der Waals surface area contributed by atoms with Crippen LogP contribution in [0.15, 0.2) is 0 Å². The Kier molecular flexibility index (Phi) is 4.28. The van der Waals surface area contributed by atoms with Gasteiger partial charge in [-0.1, -0.05) is 13.8 Å². The number of hydrogen-bond donors (Lipinski definition) is 3. The predicted octanol–water partition coefficient (Wildman–Crippen LogP) is -1.43. The molecule has 5 heteroatoms. The maximum atomic E-state index is 10.8. The van der Waals surface area contributed by atoms with Crippen molar-refractivity contribution in [1.82, 2.24) is 5.32 Å². The molecule has 0 saturated heterocycles. The minimum Gasteiger partial charge on any atom is -0.368 e. The van der Waals surface area contributed by atoms with Gasteiger partial charge in [0.05, 0.1) is 6.54 Å². The van der Waals surface area contributed by atoms with Crippen LogP contribution in [0.4, 0.5) is 0 Å². The molecule has 70 valence electrons. The minimum atomic E-state index is -0.624. The minimum absolute atomic E-state index is 0.0157. The van der Waals surface area contributed by atoms with E-state index in [2.05, 4.69) is 5.32 Å². The number of primary amides is 1. The maximum Gasteiger partial charge on any atom is 0.240 e. The third kappa shape index (κ3) is 3.34. The van der Waals surface area contributed by atoms with E-state index in [0.29, 0.717) is 0 Å². The summed E-state index contributed by atoms with van der Waals surface area (Å²) in [5.41, 5.74) is 10.1. The molecule has 0 heterocycles. The normalized spacial score (nSPS) is 12.7. The lowest BCUT2D eigenvalue weighted by atomic mass is 10.0. The van der Waals surface area contributed by atoms with E-state index in [1.165, 1.54) is 0 Å². The van der Waals surface area contributed by atoms with E-state index >= 15 is 0 Å². The molecule has 5 nitrogen and oxygen atoms in total. The van der Waals surface area contributed by atoms with Crippen LogP contribution in [0.1, 0.15) is 13.8 Å². The molecule has 0 fully saturated rings. The average Bonchev–Trinajstić information content (AvgIpc) is 1.98. The molecule has 0 aliphatic carbocycles. The van der Waals surface area contributed by atoms with Crippen LogP contribution in [-0.4, -0.2) is 24.4 Å². The standard InChI is InChI=1S/C7H15N3O2/c1-4(2)6(7(9)12)10-5(11)3-8/h4,6H,3,8H2,1-2H3,(H2,9,12)(H,10,11). The van der Waals surface area contributed by atoms with Crippen molar-refractivity contribution < 1.29 is 9.59 Å². The van der Waals surface area contributed by atoms with E-state index in [1.807, 2.05) is 0 Å². The Hall–Kier alpha value is -1.10. The van der Waals surface area contributed by atoms with Crippen molar-refractivity contribution in [1.29, 1.82) is 0 Å². The zero-order valence-electron chi connectivity index (χ0n) is 7.33. The fraction of sp³-hybridized carbons (Fsp3) is 0.714. The van der Waals surface area contributed by atoms with Gasteiger partial charge in [0.15, 0.2) is 0 Å². The lowest BCUT2D eigenvalue weighted by Crippen LogP contribution is -2.49. The first-order valence-corrected chi connectivity index (χ1v) is 3.77. The summed E-state index contributed by atoms with van der Waals surface area (Å²) >= 11 is 0. The molecule has 0 aromatic rings. The van der Waals surface area contributed by atoms with Crippen LogP contribution in [0.25, 0.3) is 0 Å². The summed E-state index contributed by atoms with van der Waals surface area (Å²) in [5, 5.41) is 2.43. The molecular formula is C7H15N3O2. The van der Waals surface area contributed by atoms with Gasteiger partial charge < -0.3 is 16.8 Å². The fourth-order valence-electron chi connectivity index (χ4n) is 0.799. The molecule has 1 atom stereocenters. The molecule has 12 heavy (non-hydrogen) atoms. The Labute approximate surface area is 71.5 Å². The van der Waals surface area contributed by atoms with Gasteiger partial charge >= 0.3 is 0 Å². The molecule has 0 radical (unpaired) electrons. The first-order valence-electron chi connectivity index (χ1n) is 3.77. The molecule has 1 unspecified atom stereocenters. The average molecular weight is 173 g/mol. The molecule has 0 spiro atoms. The molecule has 5 N–H and O–H groups in total. The van der Waals surface area contributed by atoms with Gasteiger partial charge in [-0.05, 0) is 5.92 Å². The zero-order valence-corrected chi connectivity index (χ0v) is 7.33. The molecule has 0 aliphatic heterocycles. The molecule has 2 amide bonds. The highest BCUT2D eigenvalue weighted by molar-refractivity contribution is 5.87. The molecule has 0 rings (SSSR count). The lowest BCUT2D eigenvalue weighted by Gasteiger charge is -2.18. The van der Waals surface area contributed by atoms with E-state index in [9.17, 15) is 9.59 Å². The molecule has 0 bridgehead atoms. The van der Waals surface area contributed by atoms with Gasteiger partial charge in [-0.25, -0.2) is 0 Å². The smallest absolute Gasteiger partial charge is 0.240 e. The molecule has 0 saturated carbocycles. The quantitative estimate of drug-likeness (QED) is 0.486. The van der Waals surface area contributed by atoms with Gasteiger partial charge in [-0.15, -0.1) is 0 Å². The second kappa shape index (κ2) is 4.71. The number of carbonyl (C=O) groups excluding carboxylic acids is 2. The number of nitrogens with two attached hydrogens (primary N) is 2. The Morgan fingerprint density at radius 2 is 1.92 bits per heavy atom. The predicted molar refractivity (Wildman–Crippen MR) is 45.0 cm³/mol. The Bertz CT molecular complexity index is 179. The Balaban J connectivity index is 4.14. The highest BCUT2D eigenvalue weighted by Crippen LogP contribution is 1.99. The van der Waals surface area contributed by atoms with Gasteiger partial charge in [-0.3, -0.25) is 9.59 Å². The topological polar surface area (TPSA) is 98.2 Å². The van der Waals surface area contributed by atoms with Crippen LogP contribution in [-0.2, 0) is 9.59 Å². The number of nitrogens with one attached hydrogen (secondary N) is 1. The van der Waals surface area contributed by atoms with E-state index in [4.69, 9.17) is 11.5 Å². The van der Waals surface area contributed by atoms with Crippen LogP contribution in [0.2, 0.25) is 0 Å². The molecular weight excluding hydrogens is 158 g/mol. The molecule has 0 aromatic heterocycles. The summed E-state index contributed by atoms with van der Waals surface area (Å²) in [6.07, 6.45) is 0. The SMILES string of the molecule is CC(C)C(NC(=O)CN)C(N)=O. The summed E-state index contributed by atoms with van der Waals surface area (Å²) in [4.78, 5) is 21.5. The van der Waals surface area contributed by atoms with Crippen LogP contribution in [0, 0.1) is 5.92 Å². The maximum absolute atomic E-state index is 10.8. The summed E-state index contributed by atoms with van der Waals surface area (Å²) in [5.74, 6) is -0.919. The van der Waals surface area contributed by atoms with Gasteiger partial charge in [-0.2, -0.15) is 0 Å². The van der Waals surface area contributed by atoms with Gasteiger partial charge in [0, 0.05) is 0 Å².